The molecule has 1 saturated heterocycles. The number of ether oxygens (including phenoxy) is 2. The lowest BCUT2D eigenvalue weighted by molar-refractivity contribution is -0.123. The van der Waals surface area contributed by atoms with E-state index in [4.69, 9.17) is 9.47 Å². The molecule has 7 heteroatoms. The molecular formula is C22H32N4O3. The second kappa shape index (κ2) is 10.3. The summed E-state index contributed by atoms with van der Waals surface area (Å²) in [6.07, 6.45) is 4.44. The van der Waals surface area contributed by atoms with Crippen molar-refractivity contribution in [3.8, 4) is 11.5 Å². The molecule has 0 spiro atoms. The molecule has 1 aromatic heterocycles. The van der Waals surface area contributed by atoms with Gasteiger partial charge in [-0.05, 0) is 51.3 Å². The summed E-state index contributed by atoms with van der Waals surface area (Å²) < 4.78 is 12.8. The third-order valence-electron chi connectivity index (χ3n) is 5.38. The van der Waals surface area contributed by atoms with Crippen LogP contribution in [0.4, 0.5) is 0 Å². The number of hydrogen-bond donors (Lipinski definition) is 1. The fourth-order valence-corrected chi connectivity index (χ4v) is 3.77. The summed E-state index contributed by atoms with van der Waals surface area (Å²) in [5, 5.41) is 7.56. The highest BCUT2D eigenvalue weighted by molar-refractivity contribution is 5.77. The van der Waals surface area contributed by atoms with Crippen LogP contribution in [0.5, 0.6) is 11.5 Å². The topological polar surface area (TPSA) is 68.6 Å². The van der Waals surface area contributed by atoms with Crippen LogP contribution >= 0.6 is 0 Å². The third kappa shape index (κ3) is 5.97. The fraction of sp³-hybridized carbons (Fsp3) is 0.545. The SMILES string of the molecule is CCn1cc(CN2CCC[C@H](CNC(=O)COc3ccccc3OC)C2)c(C)n1. The minimum Gasteiger partial charge on any atom is -0.493 e. The number of piperidine rings is 1. The first kappa shape index (κ1) is 21.2. The average Bonchev–Trinajstić information content (AvgIpc) is 3.10. The van der Waals surface area contributed by atoms with Gasteiger partial charge in [0.2, 0.25) is 0 Å². The third-order valence-corrected chi connectivity index (χ3v) is 5.38. The van der Waals surface area contributed by atoms with Gasteiger partial charge in [-0.1, -0.05) is 12.1 Å². The summed E-state index contributed by atoms with van der Waals surface area (Å²) >= 11 is 0. The standard InChI is InChI=1S/C22H32N4O3/c1-4-26-15-19(17(2)24-26)14-25-11-7-8-18(13-25)12-23-22(27)16-29-21-10-6-5-9-20(21)28-3/h5-6,9-10,15,18H,4,7-8,11-14,16H2,1-3H3,(H,23,27)/t18-/m1/s1. The lowest BCUT2D eigenvalue weighted by Gasteiger charge is -2.32. The summed E-state index contributed by atoms with van der Waals surface area (Å²) in [6, 6.07) is 7.34. The van der Waals surface area contributed by atoms with Crippen molar-refractivity contribution >= 4 is 5.91 Å². The predicted molar refractivity (Wildman–Crippen MR) is 112 cm³/mol. The van der Waals surface area contributed by atoms with Gasteiger partial charge in [0.05, 0.1) is 12.8 Å². The monoisotopic (exact) mass is 400 g/mol. The molecule has 1 amide bonds. The van der Waals surface area contributed by atoms with E-state index in [0.717, 1.165) is 44.7 Å². The highest BCUT2D eigenvalue weighted by atomic mass is 16.5. The van der Waals surface area contributed by atoms with Crippen LogP contribution in [-0.2, 0) is 17.9 Å². The maximum atomic E-state index is 12.2. The van der Waals surface area contributed by atoms with Crippen LogP contribution in [0.1, 0.15) is 31.0 Å². The largest absolute Gasteiger partial charge is 0.493 e. The van der Waals surface area contributed by atoms with Gasteiger partial charge in [-0.15, -0.1) is 0 Å². The van der Waals surface area contributed by atoms with Crippen molar-refractivity contribution in [3.63, 3.8) is 0 Å². The number of likely N-dealkylation sites (tertiary alicyclic amines) is 1. The van der Waals surface area contributed by atoms with E-state index in [2.05, 4.69) is 35.4 Å². The molecule has 0 unspecified atom stereocenters. The number of benzene rings is 1. The van der Waals surface area contributed by atoms with Crippen LogP contribution in [0, 0.1) is 12.8 Å². The van der Waals surface area contributed by atoms with Crippen LogP contribution in [-0.4, -0.2) is 53.9 Å². The number of nitrogens with zero attached hydrogens (tertiary/aromatic N) is 3. The molecule has 1 atom stereocenters. The van der Waals surface area contributed by atoms with E-state index in [1.165, 1.54) is 5.56 Å². The van der Waals surface area contributed by atoms with Gasteiger partial charge in [0.25, 0.3) is 5.91 Å². The molecule has 1 fully saturated rings. The first-order valence-corrected chi connectivity index (χ1v) is 10.4. The summed E-state index contributed by atoms with van der Waals surface area (Å²) in [4.78, 5) is 14.7. The molecule has 158 valence electrons. The second-order valence-corrected chi connectivity index (χ2v) is 7.58. The lowest BCUT2D eigenvalue weighted by Crippen LogP contribution is -2.41. The smallest absolute Gasteiger partial charge is 0.257 e. The van der Waals surface area contributed by atoms with E-state index in [9.17, 15) is 4.79 Å². The molecule has 29 heavy (non-hydrogen) atoms. The Morgan fingerprint density at radius 1 is 1.31 bits per heavy atom. The zero-order valence-corrected chi connectivity index (χ0v) is 17.7. The Bertz CT molecular complexity index is 805. The number of rotatable bonds is 9. The Hall–Kier alpha value is -2.54. The normalized spacial score (nSPS) is 17.1. The van der Waals surface area contributed by atoms with E-state index in [1.807, 2.05) is 22.9 Å². The predicted octanol–water partition coefficient (Wildman–Crippen LogP) is 2.63. The van der Waals surface area contributed by atoms with Crippen LogP contribution in [0.25, 0.3) is 0 Å². The number of methoxy groups -OCH3 is 1. The molecule has 0 bridgehead atoms. The number of amides is 1. The molecule has 2 heterocycles. The Kier molecular flexibility index (Phi) is 7.52. The summed E-state index contributed by atoms with van der Waals surface area (Å²) in [6.45, 7) is 8.75. The van der Waals surface area contributed by atoms with E-state index >= 15 is 0 Å². The van der Waals surface area contributed by atoms with Crippen molar-refractivity contribution < 1.29 is 14.3 Å². The number of nitrogens with one attached hydrogen (secondary N) is 1. The summed E-state index contributed by atoms with van der Waals surface area (Å²) in [5.41, 5.74) is 2.40. The van der Waals surface area contributed by atoms with E-state index < -0.39 is 0 Å². The van der Waals surface area contributed by atoms with E-state index in [0.29, 0.717) is 24.0 Å². The maximum Gasteiger partial charge on any atom is 0.257 e. The van der Waals surface area contributed by atoms with E-state index in [1.54, 1.807) is 13.2 Å². The van der Waals surface area contributed by atoms with Gasteiger partial charge in [-0.2, -0.15) is 5.10 Å². The van der Waals surface area contributed by atoms with Crippen molar-refractivity contribution in [2.45, 2.75) is 39.8 Å². The van der Waals surface area contributed by atoms with Gasteiger partial charge >= 0.3 is 0 Å². The lowest BCUT2D eigenvalue weighted by atomic mass is 9.97. The van der Waals surface area contributed by atoms with Crippen LogP contribution in [0.3, 0.4) is 0 Å². The molecular weight excluding hydrogens is 368 g/mol. The average molecular weight is 401 g/mol. The van der Waals surface area contributed by atoms with Gasteiger partial charge < -0.3 is 14.8 Å². The summed E-state index contributed by atoms with van der Waals surface area (Å²) in [7, 11) is 1.59. The molecule has 1 aliphatic rings. The molecule has 1 N–H and O–H groups in total. The Morgan fingerprint density at radius 2 is 2.10 bits per heavy atom. The highest BCUT2D eigenvalue weighted by Gasteiger charge is 2.21. The van der Waals surface area contributed by atoms with Gasteiger partial charge in [-0.3, -0.25) is 14.4 Å². The quantitative estimate of drug-likeness (QED) is 0.701. The highest BCUT2D eigenvalue weighted by Crippen LogP contribution is 2.25. The molecule has 0 radical (unpaired) electrons. The Morgan fingerprint density at radius 3 is 2.83 bits per heavy atom. The van der Waals surface area contributed by atoms with Crippen molar-refractivity contribution in [1.82, 2.24) is 20.0 Å². The van der Waals surface area contributed by atoms with Crippen molar-refractivity contribution in [2.75, 3.05) is 33.4 Å². The van der Waals surface area contributed by atoms with Crippen molar-refractivity contribution in [2.24, 2.45) is 5.92 Å². The minimum absolute atomic E-state index is 0.00773. The van der Waals surface area contributed by atoms with Crippen LogP contribution in [0.2, 0.25) is 0 Å². The molecule has 1 aromatic carbocycles. The summed E-state index contributed by atoms with van der Waals surface area (Å²) in [5.74, 6) is 1.57. The molecule has 0 aliphatic carbocycles. The fourth-order valence-electron chi connectivity index (χ4n) is 3.77. The van der Waals surface area contributed by atoms with Crippen LogP contribution in [0.15, 0.2) is 30.5 Å². The van der Waals surface area contributed by atoms with Gasteiger partial charge in [-0.25, -0.2) is 0 Å². The van der Waals surface area contributed by atoms with Gasteiger partial charge in [0.1, 0.15) is 0 Å². The Labute approximate surface area is 173 Å². The first-order chi connectivity index (χ1) is 14.1. The van der Waals surface area contributed by atoms with Gasteiger partial charge in [0, 0.05) is 37.9 Å². The van der Waals surface area contributed by atoms with Crippen LogP contribution < -0.4 is 14.8 Å². The zero-order chi connectivity index (χ0) is 20.6. The minimum atomic E-state index is -0.104. The number of aryl methyl sites for hydroxylation is 2. The number of carbonyl (C=O) groups is 1. The van der Waals surface area contributed by atoms with Gasteiger partial charge in [0.15, 0.2) is 18.1 Å². The Balaban J connectivity index is 1.43. The van der Waals surface area contributed by atoms with E-state index in [-0.39, 0.29) is 12.5 Å². The molecule has 1 aliphatic heterocycles. The second-order valence-electron chi connectivity index (χ2n) is 7.58. The molecule has 0 saturated carbocycles. The number of hydrogen-bond acceptors (Lipinski definition) is 5. The molecule has 3 rings (SSSR count). The number of aromatic nitrogens is 2. The molecule has 2 aromatic rings. The van der Waals surface area contributed by atoms with Crippen molar-refractivity contribution in [3.05, 3.63) is 41.7 Å². The zero-order valence-electron chi connectivity index (χ0n) is 17.7. The molecule has 7 nitrogen and oxygen atoms in total. The van der Waals surface area contributed by atoms with Crippen molar-refractivity contribution in [1.29, 1.82) is 0 Å². The maximum absolute atomic E-state index is 12.2. The first-order valence-electron chi connectivity index (χ1n) is 10.4. The number of para-hydroxylation sites is 2. The number of carbonyl (C=O) groups excluding carboxylic acids is 1.